The zero-order chi connectivity index (χ0) is 13.8. The molecular weight excluding hydrogens is 266 g/mol. The van der Waals surface area contributed by atoms with Gasteiger partial charge >= 0.3 is 0 Å². The number of rotatable bonds is 4. The molecule has 5 nitrogen and oxygen atoms in total. The first-order valence-corrected chi connectivity index (χ1v) is 6.21. The van der Waals surface area contributed by atoms with Crippen molar-refractivity contribution in [1.82, 2.24) is 15.5 Å². The van der Waals surface area contributed by atoms with Crippen LogP contribution >= 0.6 is 11.6 Å². The molecule has 1 atom stereocenters. The maximum atomic E-state index is 12.0. The number of aliphatic hydroxyl groups is 1. The summed E-state index contributed by atoms with van der Waals surface area (Å²) in [5, 5.41) is 19.0. The van der Waals surface area contributed by atoms with Gasteiger partial charge in [0.15, 0.2) is 0 Å². The predicted molar refractivity (Wildman–Crippen MR) is 73.0 cm³/mol. The summed E-state index contributed by atoms with van der Waals surface area (Å²) in [6.45, 7) is 1.80. The molecule has 0 aliphatic heterocycles. The van der Waals surface area contributed by atoms with Crippen molar-refractivity contribution in [2.45, 2.75) is 13.0 Å². The SMILES string of the molecule is CC(O)CNC(=O)c1cn[nH]c1-c1cccc(Cl)c1. The topological polar surface area (TPSA) is 78.0 Å². The first kappa shape index (κ1) is 13.6. The molecule has 1 aromatic heterocycles. The van der Waals surface area contributed by atoms with Gasteiger partial charge in [0.25, 0.3) is 5.91 Å². The van der Waals surface area contributed by atoms with Crippen molar-refractivity contribution in [1.29, 1.82) is 0 Å². The molecule has 0 bridgehead atoms. The van der Waals surface area contributed by atoms with Crippen LogP contribution in [-0.4, -0.2) is 33.9 Å². The van der Waals surface area contributed by atoms with Gasteiger partial charge < -0.3 is 10.4 Å². The van der Waals surface area contributed by atoms with Crippen LogP contribution in [0.1, 0.15) is 17.3 Å². The molecule has 0 fully saturated rings. The van der Waals surface area contributed by atoms with Gasteiger partial charge in [-0.3, -0.25) is 9.89 Å². The number of nitrogens with one attached hydrogen (secondary N) is 2. The van der Waals surface area contributed by atoms with E-state index < -0.39 is 6.10 Å². The third-order valence-corrected chi connectivity index (χ3v) is 2.79. The number of aromatic nitrogens is 2. The van der Waals surface area contributed by atoms with Crippen molar-refractivity contribution >= 4 is 17.5 Å². The van der Waals surface area contributed by atoms with E-state index in [1.807, 2.05) is 6.07 Å². The van der Waals surface area contributed by atoms with Gasteiger partial charge in [-0.05, 0) is 19.1 Å². The lowest BCUT2D eigenvalue weighted by Gasteiger charge is -2.07. The van der Waals surface area contributed by atoms with Gasteiger partial charge in [0.05, 0.1) is 23.6 Å². The lowest BCUT2D eigenvalue weighted by Crippen LogP contribution is -2.30. The van der Waals surface area contributed by atoms with Crippen LogP contribution < -0.4 is 5.32 Å². The Morgan fingerprint density at radius 1 is 1.58 bits per heavy atom. The van der Waals surface area contributed by atoms with Crippen molar-refractivity contribution in [3.63, 3.8) is 0 Å². The minimum absolute atomic E-state index is 0.193. The molecule has 1 aromatic carbocycles. The lowest BCUT2D eigenvalue weighted by molar-refractivity contribution is 0.0924. The molecule has 0 saturated heterocycles. The number of carbonyl (C=O) groups is 1. The largest absolute Gasteiger partial charge is 0.392 e. The highest BCUT2D eigenvalue weighted by Gasteiger charge is 2.15. The molecule has 0 spiro atoms. The number of halogens is 1. The van der Waals surface area contributed by atoms with Crippen molar-refractivity contribution in [3.8, 4) is 11.3 Å². The van der Waals surface area contributed by atoms with Crippen LogP contribution in [0.15, 0.2) is 30.5 Å². The molecule has 1 amide bonds. The number of nitrogens with zero attached hydrogens (tertiary/aromatic N) is 1. The molecule has 0 saturated carbocycles. The molecule has 19 heavy (non-hydrogen) atoms. The van der Waals surface area contributed by atoms with E-state index in [1.165, 1.54) is 6.20 Å². The number of hydrogen-bond acceptors (Lipinski definition) is 3. The summed E-state index contributed by atoms with van der Waals surface area (Å²) in [4.78, 5) is 12.0. The highest BCUT2D eigenvalue weighted by atomic mass is 35.5. The Bertz CT molecular complexity index is 581. The number of benzene rings is 1. The molecule has 2 aromatic rings. The van der Waals surface area contributed by atoms with Crippen LogP contribution in [-0.2, 0) is 0 Å². The van der Waals surface area contributed by atoms with Gasteiger partial charge in [-0.2, -0.15) is 5.10 Å². The Morgan fingerprint density at radius 2 is 2.37 bits per heavy atom. The second-order valence-electron chi connectivity index (χ2n) is 4.23. The summed E-state index contributed by atoms with van der Waals surface area (Å²) < 4.78 is 0. The van der Waals surface area contributed by atoms with E-state index in [2.05, 4.69) is 15.5 Å². The molecule has 2 rings (SSSR count). The normalized spacial score (nSPS) is 12.2. The van der Waals surface area contributed by atoms with E-state index in [1.54, 1.807) is 25.1 Å². The van der Waals surface area contributed by atoms with Crippen molar-refractivity contribution in [3.05, 3.63) is 41.0 Å². The number of hydrogen-bond donors (Lipinski definition) is 3. The summed E-state index contributed by atoms with van der Waals surface area (Å²) in [5.74, 6) is -0.287. The number of amides is 1. The number of aliphatic hydroxyl groups excluding tert-OH is 1. The molecular formula is C13H14ClN3O2. The highest BCUT2D eigenvalue weighted by Crippen LogP contribution is 2.23. The second-order valence-corrected chi connectivity index (χ2v) is 4.66. The summed E-state index contributed by atoms with van der Waals surface area (Å²) >= 11 is 5.93. The smallest absolute Gasteiger partial charge is 0.255 e. The van der Waals surface area contributed by atoms with Gasteiger partial charge in [0.2, 0.25) is 0 Å². The molecule has 3 N–H and O–H groups in total. The van der Waals surface area contributed by atoms with Crippen LogP contribution in [0.25, 0.3) is 11.3 Å². The Hall–Kier alpha value is -1.85. The molecule has 6 heteroatoms. The van der Waals surface area contributed by atoms with E-state index in [9.17, 15) is 4.79 Å². The summed E-state index contributed by atoms with van der Waals surface area (Å²) in [6, 6.07) is 7.15. The van der Waals surface area contributed by atoms with Crippen LogP contribution in [0.3, 0.4) is 0 Å². The van der Waals surface area contributed by atoms with E-state index in [0.717, 1.165) is 5.56 Å². The minimum atomic E-state index is -0.592. The van der Waals surface area contributed by atoms with Crippen LogP contribution in [0.2, 0.25) is 5.02 Å². The Labute approximate surface area is 115 Å². The monoisotopic (exact) mass is 279 g/mol. The van der Waals surface area contributed by atoms with E-state index in [0.29, 0.717) is 16.3 Å². The highest BCUT2D eigenvalue weighted by molar-refractivity contribution is 6.30. The fourth-order valence-electron chi connectivity index (χ4n) is 1.66. The number of aromatic amines is 1. The summed E-state index contributed by atoms with van der Waals surface area (Å²) in [6.07, 6.45) is 0.860. The van der Waals surface area contributed by atoms with Gasteiger partial charge in [-0.25, -0.2) is 0 Å². The van der Waals surface area contributed by atoms with E-state index >= 15 is 0 Å². The average molecular weight is 280 g/mol. The third kappa shape index (κ3) is 3.33. The molecule has 0 aliphatic carbocycles. The first-order chi connectivity index (χ1) is 9.08. The lowest BCUT2D eigenvalue weighted by atomic mass is 10.1. The van der Waals surface area contributed by atoms with Gasteiger partial charge in [0.1, 0.15) is 0 Å². The fourth-order valence-corrected chi connectivity index (χ4v) is 1.85. The third-order valence-electron chi connectivity index (χ3n) is 2.56. The molecule has 0 aliphatic rings. The minimum Gasteiger partial charge on any atom is -0.392 e. The molecule has 100 valence electrons. The number of H-pyrrole nitrogens is 1. The summed E-state index contributed by atoms with van der Waals surface area (Å²) in [7, 11) is 0. The average Bonchev–Trinajstić information content (AvgIpc) is 2.85. The zero-order valence-corrected chi connectivity index (χ0v) is 11.1. The standard InChI is InChI=1S/C13H14ClN3O2/c1-8(18)6-15-13(19)11-7-16-17-12(11)9-3-2-4-10(14)5-9/h2-5,7-8,18H,6H2,1H3,(H,15,19)(H,16,17). The number of carbonyl (C=O) groups excluding carboxylic acids is 1. The van der Waals surface area contributed by atoms with Gasteiger partial charge in [-0.15, -0.1) is 0 Å². The zero-order valence-electron chi connectivity index (χ0n) is 10.4. The van der Waals surface area contributed by atoms with Crippen LogP contribution in [0.4, 0.5) is 0 Å². The fraction of sp³-hybridized carbons (Fsp3) is 0.231. The Kier molecular flexibility index (Phi) is 4.19. The molecule has 1 heterocycles. The quantitative estimate of drug-likeness (QED) is 0.799. The van der Waals surface area contributed by atoms with Crippen molar-refractivity contribution in [2.24, 2.45) is 0 Å². The summed E-state index contributed by atoms with van der Waals surface area (Å²) in [5.41, 5.74) is 1.81. The second kappa shape index (κ2) is 5.86. The van der Waals surface area contributed by atoms with Crippen LogP contribution in [0.5, 0.6) is 0 Å². The van der Waals surface area contributed by atoms with Gasteiger partial charge in [0, 0.05) is 17.1 Å². The van der Waals surface area contributed by atoms with E-state index in [-0.39, 0.29) is 12.5 Å². The molecule has 0 radical (unpaired) electrons. The first-order valence-electron chi connectivity index (χ1n) is 5.83. The van der Waals surface area contributed by atoms with E-state index in [4.69, 9.17) is 16.7 Å². The van der Waals surface area contributed by atoms with Crippen molar-refractivity contribution < 1.29 is 9.90 Å². The maximum absolute atomic E-state index is 12.0. The van der Waals surface area contributed by atoms with Gasteiger partial charge in [-0.1, -0.05) is 23.7 Å². The Morgan fingerprint density at radius 3 is 3.05 bits per heavy atom. The molecule has 1 unspecified atom stereocenters. The Balaban J connectivity index is 2.25. The maximum Gasteiger partial charge on any atom is 0.255 e. The predicted octanol–water partition coefficient (Wildman–Crippen LogP) is 1.84. The van der Waals surface area contributed by atoms with Crippen LogP contribution in [0, 0.1) is 0 Å². The van der Waals surface area contributed by atoms with Crippen molar-refractivity contribution in [2.75, 3.05) is 6.54 Å².